The lowest BCUT2D eigenvalue weighted by Crippen LogP contribution is -2.37. The molecule has 4 rings (SSSR count). The highest BCUT2D eigenvalue weighted by Gasteiger charge is 2.45. The molecule has 0 spiro atoms. The monoisotopic (exact) mass is 389 g/mol. The Kier molecular flexibility index (Phi) is 4.21. The summed E-state index contributed by atoms with van der Waals surface area (Å²) in [6, 6.07) is 10.3. The lowest BCUT2D eigenvalue weighted by Gasteiger charge is -2.33. The van der Waals surface area contributed by atoms with Gasteiger partial charge in [-0.25, -0.2) is 4.79 Å². The lowest BCUT2D eigenvalue weighted by molar-refractivity contribution is -0.286. The van der Waals surface area contributed by atoms with Gasteiger partial charge in [0.05, 0.1) is 6.04 Å². The average Bonchev–Trinajstić information content (AvgIpc) is 3.13. The van der Waals surface area contributed by atoms with E-state index in [1.165, 1.54) is 12.1 Å². The fourth-order valence-corrected chi connectivity index (χ4v) is 4.42. The summed E-state index contributed by atoms with van der Waals surface area (Å²) in [5.74, 6) is 0.0153. The fraction of sp³-hybridized carbons (Fsp3) is 0.381. The van der Waals surface area contributed by atoms with Crippen molar-refractivity contribution in [2.45, 2.75) is 45.4 Å². The molecule has 2 aliphatic rings. The summed E-state index contributed by atoms with van der Waals surface area (Å²) >= 11 is 0. The minimum absolute atomic E-state index is 0.00452. The van der Waals surface area contributed by atoms with Crippen LogP contribution in [-0.4, -0.2) is 17.5 Å². The summed E-state index contributed by atoms with van der Waals surface area (Å²) in [5.41, 5.74) is 3.47. The summed E-state index contributed by atoms with van der Waals surface area (Å²) in [5, 5.41) is 12.0. The predicted molar refractivity (Wildman–Crippen MR) is 98.7 cm³/mol. The molecule has 28 heavy (non-hydrogen) atoms. The van der Waals surface area contributed by atoms with Crippen molar-refractivity contribution in [3.05, 3.63) is 47.5 Å². The Morgan fingerprint density at radius 3 is 2.43 bits per heavy atom. The molecule has 1 heterocycles. The first-order valence-corrected chi connectivity index (χ1v) is 9.29. The number of carbonyl (C=O) groups is 1. The third kappa shape index (κ3) is 2.95. The summed E-state index contributed by atoms with van der Waals surface area (Å²) in [4.78, 5) is 11.3. The molecule has 1 aliphatic heterocycles. The number of rotatable bonds is 4. The number of carboxylic acid groups (broad SMARTS) is 1. The first-order valence-electron chi connectivity index (χ1n) is 9.29. The molecule has 1 atom stereocenters. The van der Waals surface area contributed by atoms with Gasteiger partial charge in [0.15, 0.2) is 11.5 Å². The molecule has 0 bridgehead atoms. The van der Waals surface area contributed by atoms with Crippen LogP contribution in [0.3, 0.4) is 0 Å². The maximum atomic E-state index is 13.3. The van der Waals surface area contributed by atoms with Crippen LogP contribution in [0.5, 0.6) is 11.5 Å². The molecule has 0 radical (unpaired) electrons. The van der Waals surface area contributed by atoms with Crippen LogP contribution in [0.2, 0.25) is 0 Å². The van der Waals surface area contributed by atoms with Gasteiger partial charge in [0.1, 0.15) is 0 Å². The van der Waals surface area contributed by atoms with Crippen molar-refractivity contribution < 1.29 is 28.2 Å². The van der Waals surface area contributed by atoms with Crippen LogP contribution in [-0.2, 0) is 6.42 Å². The zero-order valence-electron chi connectivity index (χ0n) is 15.6. The average molecular weight is 389 g/mol. The zero-order valence-corrected chi connectivity index (χ0v) is 15.6. The van der Waals surface area contributed by atoms with E-state index in [0.29, 0.717) is 0 Å². The van der Waals surface area contributed by atoms with Gasteiger partial charge < -0.3 is 19.9 Å². The van der Waals surface area contributed by atoms with E-state index in [1.54, 1.807) is 6.07 Å². The van der Waals surface area contributed by atoms with E-state index in [0.717, 1.165) is 41.5 Å². The van der Waals surface area contributed by atoms with Crippen molar-refractivity contribution >= 4 is 6.09 Å². The van der Waals surface area contributed by atoms with Crippen LogP contribution in [0.15, 0.2) is 36.4 Å². The van der Waals surface area contributed by atoms with Gasteiger partial charge in [-0.05, 0) is 59.1 Å². The number of alkyl halides is 2. The third-order valence-corrected chi connectivity index (χ3v) is 6.02. The molecule has 0 saturated carbocycles. The molecular formula is C21H21F2NO4. The lowest BCUT2D eigenvalue weighted by atomic mass is 9.76. The minimum atomic E-state index is -3.64. The number of hydrogen-bond acceptors (Lipinski definition) is 3. The highest BCUT2D eigenvalue weighted by atomic mass is 19.3. The van der Waals surface area contributed by atoms with Crippen molar-refractivity contribution in [3.63, 3.8) is 0 Å². The maximum Gasteiger partial charge on any atom is 0.586 e. The Labute approximate surface area is 161 Å². The number of halogens is 2. The first kappa shape index (κ1) is 18.5. The van der Waals surface area contributed by atoms with Gasteiger partial charge in [-0.15, -0.1) is 8.78 Å². The summed E-state index contributed by atoms with van der Waals surface area (Å²) in [6.07, 6.45) is -2.23. The van der Waals surface area contributed by atoms with Gasteiger partial charge in [-0.3, -0.25) is 0 Å². The van der Waals surface area contributed by atoms with Gasteiger partial charge in [0.25, 0.3) is 0 Å². The smallest absolute Gasteiger partial charge is 0.465 e. The van der Waals surface area contributed by atoms with Crippen LogP contribution in [0.4, 0.5) is 13.6 Å². The molecule has 7 heteroatoms. The number of hydrogen-bond donors (Lipinski definition) is 2. The molecule has 2 aromatic rings. The van der Waals surface area contributed by atoms with Gasteiger partial charge in [0, 0.05) is 0 Å². The van der Waals surface area contributed by atoms with Crippen molar-refractivity contribution in [1.29, 1.82) is 0 Å². The molecule has 1 unspecified atom stereocenters. The molecule has 0 fully saturated rings. The van der Waals surface area contributed by atoms with Gasteiger partial charge in [0.2, 0.25) is 0 Å². The van der Waals surface area contributed by atoms with E-state index < -0.39 is 12.4 Å². The quantitative estimate of drug-likeness (QED) is 0.740. The van der Waals surface area contributed by atoms with E-state index in [1.807, 2.05) is 18.2 Å². The van der Waals surface area contributed by atoms with Gasteiger partial charge in [-0.1, -0.05) is 38.1 Å². The van der Waals surface area contributed by atoms with Crippen molar-refractivity contribution in [1.82, 2.24) is 5.32 Å². The molecule has 5 nitrogen and oxygen atoms in total. The highest BCUT2D eigenvalue weighted by Crippen LogP contribution is 2.51. The largest absolute Gasteiger partial charge is 0.586 e. The van der Waals surface area contributed by atoms with Crippen molar-refractivity contribution in [2.24, 2.45) is 5.41 Å². The van der Waals surface area contributed by atoms with E-state index in [2.05, 4.69) is 28.6 Å². The van der Waals surface area contributed by atoms with Crippen LogP contribution in [0.25, 0.3) is 11.1 Å². The molecule has 1 amide bonds. The molecule has 2 aromatic carbocycles. The van der Waals surface area contributed by atoms with Crippen molar-refractivity contribution in [3.8, 4) is 22.6 Å². The fourth-order valence-electron chi connectivity index (χ4n) is 4.42. The summed E-state index contributed by atoms with van der Waals surface area (Å²) < 4.78 is 35.5. The second kappa shape index (κ2) is 6.36. The number of amides is 1. The number of ether oxygens (including phenoxy) is 2. The molecular weight excluding hydrogens is 368 g/mol. The Morgan fingerprint density at radius 2 is 1.75 bits per heavy atom. The second-order valence-electron chi connectivity index (χ2n) is 7.37. The maximum absolute atomic E-state index is 13.3. The summed E-state index contributed by atoms with van der Waals surface area (Å²) in [7, 11) is 0. The number of nitrogens with one attached hydrogen (secondary N) is 1. The highest BCUT2D eigenvalue weighted by molar-refractivity contribution is 5.70. The van der Waals surface area contributed by atoms with Crippen LogP contribution < -0.4 is 14.8 Å². The molecule has 2 N–H and O–H groups in total. The van der Waals surface area contributed by atoms with E-state index in [9.17, 15) is 18.7 Å². The van der Waals surface area contributed by atoms with Crippen LogP contribution >= 0.6 is 0 Å². The summed E-state index contributed by atoms with van der Waals surface area (Å²) in [6.45, 7) is 4.15. The molecule has 0 saturated heterocycles. The predicted octanol–water partition coefficient (Wildman–Crippen LogP) is 5.35. The van der Waals surface area contributed by atoms with Gasteiger partial charge in [-0.2, -0.15) is 0 Å². The zero-order chi connectivity index (χ0) is 20.1. The van der Waals surface area contributed by atoms with E-state index in [-0.39, 0.29) is 23.0 Å². The Bertz CT molecular complexity index is 940. The normalized spacial score (nSPS) is 20.6. The second-order valence-corrected chi connectivity index (χ2v) is 7.37. The molecule has 1 aliphatic carbocycles. The number of fused-ring (bicyclic) bond motifs is 2. The topological polar surface area (TPSA) is 67.8 Å². The Hall–Kier alpha value is -2.83. The Balaban J connectivity index is 1.71. The van der Waals surface area contributed by atoms with Crippen LogP contribution in [0, 0.1) is 5.41 Å². The third-order valence-electron chi connectivity index (χ3n) is 6.02. The van der Waals surface area contributed by atoms with E-state index in [4.69, 9.17) is 0 Å². The SMILES string of the molecule is CCC1(CC)Cc2cc(-c3ccc4c(c3)OC(F)(F)O4)ccc2C1NC(=O)O. The Morgan fingerprint density at radius 1 is 1.11 bits per heavy atom. The molecule has 0 aromatic heterocycles. The minimum Gasteiger partial charge on any atom is -0.465 e. The standard InChI is InChI=1S/C21H21F2NO4/c1-3-20(4-2)11-14-9-12(5-7-15(14)18(20)24-19(25)26)13-6-8-16-17(10-13)28-21(22,23)27-16/h5-10,18,24H,3-4,11H2,1-2H3,(H,25,26). The van der Waals surface area contributed by atoms with E-state index >= 15 is 0 Å². The first-order chi connectivity index (χ1) is 13.3. The van der Waals surface area contributed by atoms with Crippen molar-refractivity contribution in [2.75, 3.05) is 0 Å². The van der Waals surface area contributed by atoms with Gasteiger partial charge >= 0.3 is 12.4 Å². The van der Waals surface area contributed by atoms with Crippen LogP contribution in [0.1, 0.15) is 43.9 Å². The molecule has 148 valence electrons. The number of benzene rings is 2.